The molecule has 34 heavy (non-hydrogen) atoms. The van der Waals surface area contributed by atoms with Gasteiger partial charge in [0.2, 0.25) is 10.0 Å². The van der Waals surface area contributed by atoms with Gasteiger partial charge in [0.05, 0.1) is 4.90 Å². The van der Waals surface area contributed by atoms with Crippen molar-refractivity contribution >= 4 is 28.5 Å². The number of aliphatic hydroxyl groups excluding tert-OH is 1. The fraction of sp³-hybridized carbons (Fsp3) is 0.357. The predicted octanol–water partition coefficient (Wildman–Crippen LogP) is 4.33. The van der Waals surface area contributed by atoms with Gasteiger partial charge in [0.15, 0.2) is 0 Å². The number of nitrogens with one attached hydrogen (secondary N) is 1. The standard InChI is InChI=1S/C28H37NO3SSi/c1-22-16-18-24(19-17-22)33(31,32)29-27(23(2)20-30)21-34(28(3,4)5,25-12-8-6-9-13-25)26-14-10-7-11-15-26/h6-19,23,27,29-30H,20-21H2,1-5H3/t23-,27-/m0/s1. The van der Waals surface area contributed by atoms with E-state index in [4.69, 9.17) is 0 Å². The van der Waals surface area contributed by atoms with Gasteiger partial charge in [-0.05, 0) is 36.1 Å². The lowest BCUT2D eigenvalue weighted by molar-refractivity contribution is 0.215. The predicted molar refractivity (Wildman–Crippen MR) is 144 cm³/mol. The smallest absolute Gasteiger partial charge is 0.240 e. The maximum atomic E-state index is 13.4. The van der Waals surface area contributed by atoms with Crippen LogP contribution in [0.4, 0.5) is 0 Å². The molecule has 0 spiro atoms. The van der Waals surface area contributed by atoms with Crippen LogP contribution in [0.5, 0.6) is 0 Å². The molecule has 0 saturated heterocycles. The highest BCUT2D eigenvalue weighted by Gasteiger charge is 2.49. The van der Waals surface area contributed by atoms with Gasteiger partial charge in [0.25, 0.3) is 0 Å². The maximum absolute atomic E-state index is 13.4. The number of rotatable bonds is 9. The van der Waals surface area contributed by atoms with E-state index in [1.165, 1.54) is 10.4 Å². The normalized spacial score (nSPS) is 14.5. The highest BCUT2D eigenvalue weighted by atomic mass is 32.2. The molecular weight excluding hydrogens is 458 g/mol. The van der Waals surface area contributed by atoms with Crippen molar-refractivity contribution in [3.05, 3.63) is 90.5 Å². The molecule has 182 valence electrons. The summed E-state index contributed by atoms with van der Waals surface area (Å²) < 4.78 is 29.8. The second-order valence-electron chi connectivity index (χ2n) is 10.3. The molecule has 0 aromatic heterocycles. The second-order valence-corrected chi connectivity index (χ2v) is 16.9. The van der Waals surface area contributed by atoms with Crippen molar-refractivity contribution in [3.63, 3.8) is 0 Å². The van der Waals surface area contributed by atoms with Gasteiger partial charge in [0, 0.05) is 12.6 Å². The van der Waals surface area contributed by atoms with Crippen molar-refractivity contribution in [2.45, 2.75) is 56.6 Å². The van der Waals surface area contributed by atoms with E-state index in [0.29, 0.717) is 6.04 Å². The van der Waals surface area contributed by atoms with Crippen LogP contribution in [0, 0.1) is 12.8 Å². The summed E-state index contributed by atoms with van der Waals surface area (Å²) in [6.07, 6.45) is 0. The van der Waals surface area contributed by atoms with Gasteiger partial charge in [-0.25, -0.2) is 13.1 Å². The number of benzene rings is 3. The monoisotopic (exact) mass is 495 g/mol. The Morgan fingerprint density at radius 2 is 1.32 bits per heavy atom. The Morgan fingerprint density at radius 1 is 0.853 bits per heavy atom. The first kappa shape index (κ1) is 26.4. The summed E-state index contributed by atoms with van der Waals surface area (Å²) in [6, 6.07) is 28.1. The van der Waals surface area contributed by atoms with Crippen molar-refractivity contribution < 1.29 is 13.5 Å². The lowest BCUT2D eigenvalue weighted by atomic mass is 10.1. The molecule has 0 aliphatic rings. The Balaban J connectivity index is 2.15. The molecule has 3 rings (SSSR count). The zero-order valence-corrected chi connectivity index (χ0v) is 22.6. The van der Waals surface area contributed by atoms with Gasteiger partial charge in [0.1, 0.15) is 8.07 Å². The van der Waals surface area contributed by atoms with E-state index >= 15 is 0 Å². The average Bonchev–Trinajstić information content (AvgIpc) is 2.81. The minimum absolute atomic E-state index is 0.0979. The molecule has 0 aliphatic heterocycles. The van der Waals surface area contributed by atoms with Gasteiger partial charge in [-0.3, -0.25) is 0 Å². The van der Waals surface area contributed by atoms with Crippen LogP contribution in [0.25, 0.3) is 0 Å². The second kappa shape index (κ2) is 10.6. The Bertz CT molecular complexity index is 1120. The molecule has 0 saturated carbocycles. The Labute approximate surface area is 206 Å². The van der Waals surface area contributed by atoms with Crippen molar-refractivity contribution in [2.75, 3.05) is 6.61 Å². The average molecular weight is 496 g/mol. The van der Waals surface area contributed by atoms with Crippen LogP contribution in [0.1, 0.15) is 33.3 Å². The molecular formula is C28H37NO3SSi. The summed E-state index contributed by atoms with van der Waals surface area (Å²) in [6.45, 7) is 10.5. The van der Waals surface area contributed by atoms with E-state index in [-0.39, 0.29) is 22.5 Å². The van der Waals surface area contributed by atoms with Crippen LogP contribution in [-0.2, 0) is 10.0 Å². The van der Waals surface area contributed by atoms with Crippen molar-refractivity contribution in [2.24, 2.45) is 5.92 Å². The van der Waals surface area contributed by atoms with Gasteiger partial charge in [-0.2, -0.15) is 0 Å². The molecule has 0 fully saturated rings. The number of hydrogen-bond acceptors (Lipinski definition) is 3. The Kier molecular flexibility index (Phi) is 8.19. The summed E-state index contributed by atoms with van der Waals surface area (Å²) >= 11 is 0. The number of aryl methyl sites for hydroxylation is 1. The van der Waals surface area contributed by atoms with Gasteiger partial charge in [-0.15, -0.1) is 0 Å². The van der Waals surface area contributed by atoms with Crippen LogP contribution in [0.3, 0.4) is 0 Å². The van der Waals surface area contributed by atoms with Crippen molar-refractivity contribution in [1.82, 2.24) is 4.72 Å². The van der Waals surface area contributed by atoms with Gasteiger partial charge in [-0.1, -0.05) is 116 Å². The molecule has 3 aromatic carbocycles. The molecule has 3 aromatic rings. The van der Waals surface area contributed by atoms with Crippen LogP contribution in [0.15, 0.2) is 89.8 Å². The fourth-order valence-electron chi connectivity index (χ4n) is 4.82. The topological polar surface area (TPSA) is 66.4 Å². The summed E-state index contributed by atoms with van der Waals surface area (Å²) in [5, 5.41) is 12.5. The van der Waals surface area contributed by atoms with Crippen LogP contribution in [-0.4, -0.2) is 34.2 Å². The third-order valence-corrected chi connectivity index (χ3v) is 14.7. The molecule has 2 N–H and O–H groups in total. The summed E-state index contributed by atoms with van der Waals surface area (Å²) in [4.78, 5) is 0.246. The fourth-order valence-corrected chi connectivity index (χ4v) is 12.1. The van der Waals surface area contributed by atoms with Crippen molar-refractivity contribution in [1.29, 1.82) is 0 Å². The third kappa shape index (κ3) is 5.52. The van der Waals surface area contributed by atoms with Crippen molar-refractivity contribution in [3.8, 4) is 0 Å². The Morgan fingerprint density at radius 3 is 1.74 bits per heavy atom. The van der Waals surface area contributed by atoms with E-state index in [9.17, 15) is 13.5 Å². The van der Waals surface area contributed by atoms with E-state index in [0.717, 1.165) is 5.56 Å². The molecule has 2 atom stereocenters. The van der Waals surface area contributed by atoms with E-state index in [1.807, 2.05) is 26.0 Å². The molecule has 4 nitrogen and oxygen atoms in total. The number of aliphatic hydroxyl groups is 1. The lowest BCUT2D eigenvalue weighted by Gasteiger charge is -2.47. The molecule has 0 aliphatic carbocycles. The highest BCUT2D eigenvalue weighted by molar-refractivity contribution is 7.89. The largest absolute Gasteiger partial charge is 0.396 e. The Hall–Kier alpha value is -2.25. The number of sulfonamides is 1. The maximum Gasteiger partial charge on any atom is 0.240 e. The lowest BCUT2D eigenvalue weighted by Crippen LogP contribution is -2.67. The van der Waals surface area contributed by atoms with Crippen LogP contribution < -0.4 is 15.1 Å². The third-order valence-electron chi connectivity index (χ3n) is 6.95. The van der Waals surface area contributed by atoms with Gasteiger partial charge < -0.3 is 5.11 Å². The molecule has 6 heteroatoms. The summed E-state index contributed by atoms with van der Waals surface area (Å²) in [5.41, 5.74) is 1.01. The first-order valence-electron chi connectivity index (χ1n) is 11.8. The first-order valence-corrected chi connectivity index (χ1v) is 15.5. The zero-order chi connectivity index (χ0) is 25.0. The van der Waals surface area contributed by atoms with Crippen LogP contribution >= 0.6 is 0 Å². The molecule has 0 bridgehead atoms. The first-order chi connectivity index (χ1) is 16.0. The summed E-state index contributed by atoms with van der Waals surface area (Å²) in [7, 11) is -6.29. The van der Waals surface area contributed by atoms with E-state index in [1.54, 1.807) is 24.3 Å². The molecule has 0 amide bonds. The quantitative estimate of drug-likeness (QED) is 0.434. The SMILES string of the molecule is Cc1ccc(S(=O)(=O)N[C@@H](C[Si](c2ccccc2)(c2ccccc2)C(C)(C)C)[C@@H](C)CO)cc1. The van der Waals surface area contributed by atoms with E-state index < -0.39 is 24.1 Å². The van der Waals surface area contributed by atoms with E-state index in [2.05, 4.69) is 74.0 Å². The summed E-state index contributed by atoms with van der Waals surface area (Å²) in [5.74, 6) is -0.248. The zero-order valence-electron chi connectivity index (χ0n) is 20.8. The van der Waals surface area contributed by atoms with Crippen LogP contribution in [0.2, 0.25) is 11.1 Å². The molecule has 0 unspecified atom stereocenters. The molecule has 0 heterocycles. The minimum atomic E-state index is -3.75. The minimum Gasteiger partial charge on any atom is -0.396 e. The highest BCUT2D eigenvalue weighted by Crippen LogP contribution is 2.40. The van der Waals surface area contributed by atoms with Gasteiger partial charge >= 0.3 is 0 Å². The number of hydrogen-bond donors (Lipinski definition) is 2. The molecule has 0 radical (unpaired) electrons.